The molecule has 0 saturated heterocycles. The number of pyridine rings is 1. The minimum atomic E-state index is -0.168. The lowest BCUT2D eigenvalue weighted by Crippen LogP contribution is -2.38. The van der Waals surface area contributed by atoms with Gasteiger partial charge in [-0.1, -0.05) is 36.4 Å². The number of carbonyl (C=O) groups is 1. The molecule has 104 valence electrons. The van der Waals surface area contributed by atoms with Crippen molar-refractivity contribution in [3.05, 3.63) is 66.0 Å². The second-order valence-electron chi connectivity index (χ2n) is 4.61. The van der Waals surface area contributed by atoms with Crippen LogP contribution >= 0.6 is 0 Å². The number of hydrogen-bond donors (Lipinski definition) is 2. The van der Waals surface area contributed by atoms with Crippen molar-refractivity contribution in [2.75, 3.05) is 6.54 Å². The molecule has 2 N–H and O–H groups in total. The number of hydrogen-bond acceptors (Lipinski definition) is 2. The number of nitrogens with one attached hydrogen (secondary N) is 2. The van der Waals surface area contributed by atoms with Gasteiger partial charge in [-0.15, -0.1) is 0 Å². The summed E-state index contributed by atoms with van der Waals surface area (Å²) in [4.78, 5) is 16.0. The maximum Gasteiger partial charge on any atom is 0.315 e. The van der Waals surface area contributed by atoms with Crippen molar-refractivity contribution in [3.8, 4) is 0 Å². The SMILES string of the molecule is CC(NC(=O)NCCc1ccccc1)c1ccccn1. The smallest absolute Gasteiger partial charge is 0.315 e. The minimum Gasteiger partial charge on any atom is -0.338 e. The molecule has 0 aliphatic heterocycles. The fourth-order valence-electron chi connectivity index (χ4n) is 1.92. The molecule has 2 aromatic rings. The number of carbonyl (C=O) groups excluding carboxylic acids is 1. The van der Waals surface area contributed by atoms with Gasteiger partial charge in [-0.05, 0) is 31.0 Å². The van der Waals surface area contributed by atoms with Crippen molar-refractivity contribution in [2.45, 2.75) is 19.4 Å². The molecule has 0 aliphatic carbocycles. The van der Waals surface area contributed by atoms with Crippen LogP contribution in [-0.2, 0) is 6.42 Å². The summed E-state index contributed by atoms with van der Waals surface area (Å²) in [6, 6.07) is 15.5. The van der Waals surface area contributed by atoms with E-state index in [1.807, 2.05) is 43.3 Å². The van der Waals surface area contributed by atoms with E-state index in [0.29, 0.717) is 6.54 Å². The number of rotatable bonds is 5. The normalized spacial score (nSPS) is 11.7. The molecule has 20 heavy (non-hydrogen) atoms. The first-order valence-corrected chi connectivity index (χ1v) is 6.75. The summed E-state index contributed by atoms with van der Waals surface area (Å²) in [5, 5.41) is 5.72. The minimum absolute atomic E-state index is 0.104. The Morgan fingerprint density at radius 2 is 1.90 bits per heavy atom. The predicted octanol–water partition coefficient (Wildman–Crippen LogP) is 2.68. The zero-order chi connectivity index (χ0) is 14.2. The van der Waals surface area contributed by atoms with E-state index >= 15 is 0 Å². The molecule has 1 aromatic heterocycles. The van der Waals surface area contributed by atoms with Crippen LogP contribution in [0.25, 0.3) is 0 Å². The van der Waals surface area contributed by atoms with Crippen LogP contribution in [0.2, 0.25) is 0 Å². The lowest BCUT2D eigenvalue weighted by atomic mass is 10.1. The third-order valence-corrected chi connectivity index (χ3v) is 3.02. The van der Waals surface area contributed by atoms with Crippen LogP contribution in [-0.4, -0.2) is 17.6 Å². The topological polar surface area (TPSA) is 54.0 Å². The Morgan fingerprint density at radius 1 is 1.15 bits per heavy atom. The summed E-state index contributed by atoms with van der Waals surface area (Å²) in [6.45, 7) is 2.53. The Labute approximate surface area is 119 Å². The molecule has 1 atom stereocenters. The lowest BCUT2D eigenvalue weighted by molar-refractivity contribution is 0.238. The van der Waals surface area contributed by atoms with Crippen LogP contribution in [0, 0.1) is 0 Å². The van der Waals surface area contributed by atoms with Crippen LogP contribution in [0.3, 0.4) is 0 Å². The highest BCUT2D eigenvalue weighted by molar-refractivity contribution is 5.74. The van der Waals surface area contributed by atoms with Crippen LogP contribution in [0.15, 0.2) is 54.7 Å². The molecule has 1 unspecified atom stereocenters. The molecule has 4 heteroatoms. The van der Waals surface area contributed by atoms with Crippen LogP contribution in [0.1, 0.15) is 24.2 Å². The Balaban J connectivity index is 1.73. The van der Waals surface area contributed by atoms with Gasteiger partial charge >= 0.3 is 6.03 Å². The molecule has 1 heterocycles. The molecular weight excluding hydrogens is 250 g/mol. The van der Waals surface area contributed by atoms with Gasteiger partial charge in [-0.2, -0.15) is 0 Å². The van der Waals surface area contributed by atoms with Gasteiger partial charge in [0, 0.05) is 12.7 Å². The average Bonchev–Trinajstić information content (AvgIpc) is 2.49. The Kier molecular flexibility index (Phi) is 5.12. The van der Waals surface area contributed by atoms with Crippen molar-refractivity contribution >= 4 is 6.03 Å². The molecule has 4 nitrogen and oxygen atoms in total. The number of amides is 2. The Hall–Kier alpha value is -2.36. The number of benzene rings is 1. The highest BCUT2D eigenvalue weighted by atomic mass is 16.2. The first-order valence-electron chi connectivity index (χ1n) is 6.75. The van der Waals surface area contributed by atoms with Crippen LogP contribution in [0.5, 0.6) is 0 Å². The summed E-state index contributed by atoms with van der Waals surface area (Å²) in [6.07, 6.45) is 2.55. The van der Waals surface area contributed by atoms with Gasteiger partial charge in [-0.3, -0.25) is 4.98 Å². The van der Waals surface area contributed by atoms with E-state index in [4.69, 9.17) is 0 Å². The largest absolute Gasteiger partial charge is 0.338 e. The lowest BCUT2D eigenvalue weighted by Gasteiger charge is -2.14. The van der Waals surface area contributed by atoms with E-state index in [0.717, 1.165) is 12.1 Å². The highest BCUT2D eigenvalue weighted by Crippen LogP contribution is 2.07. The number of urea groups is 1. The number of aromatic nitrogens is 1. The van der Waals surface area contributed by atoms with Crippen molar-refractivity contribution in [3.63, 3.8) is 0 Å². The third kappa shape index (κ3) is 4.39. The van der Waals surface area contributed by atoms with E-state index in [-0.39, 0.29) is 12.1 Å². The van der Waals surface area contributed by atoms with Gasteiger partial charge in [0.15, 0.2) is 0 Å². The van der Waals surface area contributed by atoms with E-state index in [1.54, 1.807) is 6.20 Å². The molecule has 1 aromatic carbocycles. The van der Waals surface area contributed by atoms with Gasteiger partial charge in [0.05, 0.1) is 11.7 Å². The average molecular weight is 269 g/mol. The molecule has 0 radical (unpaired) electrons. The fraction of sp³-hybridized carbons (Fsp3) is 0.250. The van der Waals surface area contributed by atoms with E-state index in [1.165, 1.54) is 5.56 Å². The zero-order valence-electron chi connectivity index (χ0n) is 11.5. The summed E-state index contributed by atoms with van der Waals surface area (Å²) in [5.74, 6) is 0. The molecule has 2 amide bonds. The van der Waals surface area contributed by atoms with Crippen LogP contribution < -0.4 is 10.6 Å². The Morgan fingerprint density at radius 3 is 2.60 bits per heavy atom. The molecular formula is C16H19N3O. The van der Waals surface area contributed by atoms with Gasteiger partial charge in [-0.25, -0.2) is 4.79 Å². The van der Waals surface area contributed by atoms with Crippen molar-refractivity contribution in [1.82, 2.24) is 15.6 Å². The van der Waals surface area contributed by atoms with Gasteiger partial charge in [0.25, 0.3) is 0 Å². The monoisotopic (exact) mass is 269 g/mol. The first kappa shape index (κ1) is 14.1. The second-order valence-corrected chi connectivity index (χ2v) is 4.61. The fourth-order valence-corrected chi connectivity index (χ4v) is 1.92. The maximum absolute atomic E-state index is 11.8. The number of nitrogens with zero attached hydrogens (tertiary/aromatic N) is 1. The van der Waals surface area contributed by atoms with Crippen molar-refractivity contribution < 1.29 is 4.79 Å². The summed E-state index contributed by atoms with van der Waals surface area (Å²) >= 11 is 0. The van der Waals surface area contributed by atoms with Crippen molar-refractivity contribution in [2.24, 2.45) is 0 Å². The molecule has 0 fully saturated rings. The van der Waals surface area contributed by atoms with E-state index in [2.05, 4.69) is 27.8 Å². The summed E-state index contributed by atoms with van der Waals surface area (Å²) < 4.78 is 0. The molecule has 0 spiro atoms. The summed E-state index contributed by atoms with van der Waals surface area (Å²) in [7, 11) is 0. The maximum atomic E-state index is 11.8. The highest BCUT2D eigenvalue weighted by Gasteiger charge is 2.09. The quantitative estimate of drug-likeness (QED) is 0.876. The van der Waals surface area contributed by atoms with E-state index in [9.17, 15) is 4.79 Å². The molecule has 2 rings (SSSR count). The van der Waals surface area contributed by atoms with E-state index < -0.39 is 0 Å². The third-order valence-electron chi connectivity index (χ3n) is 3.02. The van der Waals surface area contributed by atoms with Gasteiger partial charge in [0.2, 0.25) is 0 Å². The second kappa shape index (κ2) is 7.28. The first-order chi connectivity index (χ1) is 9.75. The molecule has 0 aliphatic rings. The van der Waals surface area contributed by atoms with Crippen LogP contribution in [0.4, 0.5) is 4.79 Å². The molecule has 0 saturated carbocycles. The zero-order valence-corrected chi connectivity index (χ0v) is 11.5. The predicted molar refractivity (Wildman–Crippen MR) is 79.3 cm³/mol. The molecule has 0 bridgehead atoms. The Bertz CT molecular complexity index is 528. The van der Waals surface area contributed by atoms with Crippen molar-refractivity contribution in [1.29, 1.82) is 0 Å². The summed E-state index contributed by atoms with van der Waals surface area (Å²) in [5.41, 5.74) is 2.07. The van der Waals surface area contributed by atoms with Gasteiger partial charge in [0.1, 0.15) is 0 Å². The standard InChI is InChI=1S/C16H19N3O/c1-13(15-9-5-6-11-17-15)19-16(20)18-12-10-14-7-3-2-4-8-14/h2-9,11,13H,10,12H2,1H3,(H2,18,19,20). The van der Waals surface area contributed by atoms with Gasteiger partial charge < -0.3 is 10.6 Å².